The molecule has 0 aliphatic rings. The first-order valence-corrected chi connectivity index (χ1v) is 7.31. The molecule has 90 valence electrons. The van der Waals surface area contributed by atoms with Crippen LogP contribution in [0.3, 0.4) is 0 Å². The molecular formula is C12H20O3P+. The molecule has 0 heterocycles. The summed E-state index contributed by atoms with van der Waals surface area (Å²) in [5, 5.41) is 0.309. The van der Waals surface area contributed by atoms with Crippen LogP contribution >= 0.6 is 7.94 Å². The van der Waals surface area contributed by atoms with E-state index in [9.17, 15) is 14.7 Å². The predicted molar refractivity (Wildman–Crippen MR) is 67.8 cm³/mol. The van der Waals surface area contributed by atoms with Gasteiger partial charge in [-0.2, -0.15) is 14.7 Å². The van der Waals surface area contributed by atoms with E-state index >= 15 is 0 Å². The van der Waals surface area contributed by atoms with Crippen molar-refractivity contribution in [2.75, 3.05) is 0 Å². The Kier molecular flexibility index (Phi) is 4.45. The zero-order valence-electron chi connectivity index (χ0n) is 10.1. The van der Waals surface area contributed by atoms with E-state index in [1.54, 1.807) is 6.07 Å². The van der Waals surface area contributed by atoms with Crippen LogP contribution < -0.4 is 5.30 Å². The lowest BCUT2D eigenvalue weighted by Gasteiger charge is -2.15. The zero-order chi connectivity index (χ0) is 12.3. The molecule has 0 aliphatic carbocycles. The standard InChI is InChI=1S/C12H20O3P/c1-4-9-7-8-12(16(13,14)15)11(6-3)10(9)5-2/h7-8,13-15H,4-6H2,1-3H3/q+1. The van der Waals surface area contributed by atoms with Crippen LogP contribution in [-0.4, -0.2) is 14.7 Å². The molecule has 0 aromatic heterocycles. The van der Waals surface area contributed by atoms with Crippen molar-refractivity contribution in [3.05, 3.63) is 28.8 Å². The molecule has 16 heavy (non-hydrogen) atoms. The number of rotatable bonds is 4. The van der Waals surface area contributed by atoms with E-state index < -0.39 is 7.94 Å². The topological polar surface area (TPSA) is 60.7 Å². The van der Waals surface area contributed by atoms with Crippen LogP contribution in [0, 0.1) is 0 Å². The second kappa shape index (κ2) is 5.24. The van der Waals surface area contributed by atoms with Gasteiger partial charge in [-0.1, -0.05) is 26.8 Å². The van der Waals surface area contributed by atoms with Crippen LogP contribution in [0.25, 0.3) is 0 Å². The molecule has 4 heteroatoms. The van der Waals surface area contributed by atoms with Gasteiger partial charge in [0, 0.05) is 5.56 Å². The third kappa shape index (κ3) is 2.61. The van der Waals surface area contributed by atoms with Gasteiger partial charge in [0.05, 0.1) is 0 Å². The first kappa shape index (κ1) is 13.6. The Morgan fingerprint density at radius 3 is 1.81 bits per heavy atom. The Hall–Kier alpha value is -0.470. The Balaban J connectivity index is 3.43. The summed E-state index contributed by atoms with van der Waals surface area (Å²) in [5.41, 5.74) is 3.25. The third-order valence-corrected chi connectivity index (χ3v) is 3.98. The van der Waals surface area contributed by atoms with Crippen molar-refractivity contribution in [3.63, 3.8) is 0 Å². The van der Waals surface area contributed by atoms with Crippen molar-refractivity contribution in [2.24, 2.45) is 0 Å². The van der Waals surface area contributed by atoms with Gasteiger partial charge in [-0.05, 0) is 36.5 Å². The van der Waals surface area contributed by atoms with Gasteiger partial charge in [0.15, 0.2) is 5.30 Å². The van der Waals surface area contributed by atoms with E-state index in [0.29, 0.717) is 11.7 Å². The number of hydrogen-bond donors (Lipinski definition) is 3. The van der Waals surface area contributed by atoms with Gasteiger partial charge < -0.3 is 0 Å². The largest absolute Gasteiger partial charge is 0.441 e. The molecule has 3 N–H and O–H groups in total. The van der Waals surface area contributed by atoms with E-state index in [2.05, 4.69) is 6.92 Å². The molecule has 1 aromatic carbocycles. The highest BCUT2D eigenvalue weighted by atomic mass is 31.2. The lowest BCUT2D eigenvalue weighted by atomic mass is 9.96. The summed E-state index contributed by atoms with van der Waals surface area (Å²) in [7, 11) is -3.89. The fraction of sp³-hybridized carbons (Fsp3) is 0.500. The van der Waals surface area contributed by atoms with Crippen LogP contribution in [0.1, 0.15) is 37.5 Å². The van der Waals surface area contributed by atoms with E-state index in [0.717, 1.165) is 24.0 Å². The molecular weight excluding hydrogens is 223 g/mol. The van der Waals surface area contributed by atoms with Crippen LogP contribution in [0.4, 0.5) is 0 Å². The molecule has 0 radical (unpaired) electrons. The van der Waals surface area contributed by atoms with E-state index in [4.69, 9.17) is 0 Å². The lowest BCUT2D eigenvalue weighted by Crippen LogP contribution is -2.18. The molecule has 0 saturated heterocycles. The van der Waals surface area contributed by atoms with Crippen LogP contribution in [-0.2, 0) is 19.3 Å². The third-order valence-electron chi connectivity index (χ3n) is 2.91. The van der Waals surface area contributed by atoms with Gasteiger partial charge in [0.2, 0.25) is 0 Å². The zero-order valence-corrected chi connectivity index (χ0v) is 11.0. The normalized spacial score (nSPS) is 11.9. The minimum Gasteiger partial charge on any atom is -0.189 e. The summed E-state index contributed by atoms with van der Waals surface area (Å²) in [5.74, 6) is 0. The van der Waals surface area contributed by atoms with Gasteiger partial charge in [-0.15, -0.1) is 0 Å². The molecule has 1 rings (SSSR count). The van der Waals surface area contributed by atoms with Crippen molar-refractivity contribution in [2.45, 2.75) is 40.0 Å². The van der Waals surface area contributed by atoms with E-state index in [1.165, 1.54) is 5.56 Å². The lowest BCUT2D eigenvalue weighted by molar-refractivity contribution is 0.346. The van der Waals surface area contributed by atoms with E-state index in [-0.39, 0.29) is 0 Å². The minimum absolute atomic E-state index is 0.309. The minimum atomic E-state index is -3.89. The molecule has 0 fully saturated rings. The van der Waals surface area contributed by atoms with Crippen molar-refractivity contribution in [3.8, 4) is 0 Å². The summed E-state index contributed by atoms with van der Waals surface area (Å²) in [4.78, 5) is 28.2. The number of aryl methyl sites for hydroxylation is 1. The Morgan fingerprint density at radius 2 is 1.44 bits per heavy atom. The van der Waals surface area contributed by atoms with Gasteiger partial charge in [0.1, 0.15) is 0 Å². The number of benzene rings is 1. The molecule has 0 unspecified atom stereocenters. The fourth-order valence-corrected chi connectivity index (χ4v) is 3.11. The second-order valence-corrected chi connectivity index (χ2v) is 5.45. The van der Waals surface area contributed by atoms with Crippen LogP contribution in [0.15, 0.2) is 12.1 Å². The SMILES string of the molecule is CCc1ccc([P+](O)(O)O)c(CC)c1CC. The maximum absolute atomic E-state index is 9.41. The van der Waals surface area contributed by atoms with Gasteiger partial charge in [-0.25, -0.2) is 0 Å². The average molecular weight is 243 g/mol. The molecule has 1 aromatic rings. The van der Waals surface area contributed by atoms with Crippen molar-refractivity contribution in [1.82, 2.24) is 0 Å². The molecule has 0 spiro atoms. The Morgan fingerprint density at radius 1 is 0.875 bits per heavy atom. The van der Waals surface area contributed by atoms with Gasteiger partial charge in [0.25, 0.3) is 0 Å². The summed E-state index contributed by atoms with van der Waals surface area (Å²) < 4.78 is 0. The molecule has 0 saturated carbocycles. The average Bonchev–Trinajstić information content (AvgIpc) is 2.25. The summed E-state index contributed by atoms with van der Waals surface area (Å²) >= 11 is 0. The highest BCUT2D eigenvalue weighted by Crippen LogP contribution is 2.45. The van der Waals surface area contributed by atoms with Crippen LogP contribution in [0.2, 0.25) is 0 Å². The monoisotopic (exact) mass is 243 g/mol. The van der Waals surface area contributed by atoms with Crippen LogP contribution in [0.5, 0.6) is 0 Å². The molecule has 0 atom stereocenters. The second-order valence-electron chi connectivity index (χ2n) is 3.83. The molecule has 3 nitrogen and oxygen atoms in total. The summed E-state index contributed by atoms with van der Waals surface area (Å²) in [6, 6.07) is 3.52. The Labute approximate surface area is 97.3 Å². The predicted octanol–water partition coefficient (Wildman–Crippen LogP) is 1.74. The van der Waals surface area contributed by atoms with Crippen molar-refractivity contribution < 1.29 is 14.7 Å². The first-order valence-electron chi connectivity index (χ1n) is 5.67. The van der Waals surface area contributed by atoms with E-state index in [1.807, 2.05) is 19.9 Å². The quantitative estimate of drug-likeness (QED) is 0.706. The first-order chi connectivity index (χ1) is 7.45. The Bertz CT molecular complexity index is 369. The summed E-state index contributed by atoms with van der Waals surface area (Å²) in [6.07, 6.45) is 2.47. The molecule has 0 amide bonds. The van der Waals surface area contributed by atoms with Gasteiger partial charge >= 0.3 is 7.94 Å². The fourth-order valence-electron chi connectivity index (χ4n) is 2.18. The van der Waals surface area contributed by atoms with Crippen molar-refractivity contribution in [1.29, 1.82) is 0 Å². The highest BCUT2D eigenvalue weighted by Gasteiger charge is 2.37. The smallest absolute Gasteiger partial charge is 0.189 e. The van der Waals surface area contributed by atoms with Crippen molar-refractivity contribution >= 4 is 13.2 Å². The van der Waals surface area contributed by atoms with Gasteiger partial charge in [-0.3, -0.25) is 0 Å². The number of hydrogen-bond acceptors (Lipinski definition) is 3. The summed E-state index contributed by atoms with van der Waals surface area (Å²) in [6.45, 7) is 6.09. The maximum Gasteiger partial charge on any atom is 0.441 e. The molecule has 0 bridgehead atoms. The maximum atomic E-state index is 9.41. The molecule has 0 aliphatic heterocycles. The highest BCUT2D eigenvalue weighted by molar-refractivity contribution is 7.66.